The molecular weight excluding hydrogens is 366 g/mol. The molecule has 3 nitrogen and oxygen atoms in total. The molecule has 1 saturated heterocycles. The number of thiophene rings is 1. The molecule has 0 amide bonds. The SMILES string of the molecule is CN1CCC(=C2c3ccccc3C=Cc3sc(CC(=O)O)cc32)CC1.Cl. The highest BCUT2D eigenvalue weighted by atomic mass is 35.5. The van der Waals surface area contributed by atoms with Gasteiger partial charge in [0.1, 0.15) is 0 Å². The Kier molecular flexibility index (Phi) is 5.66. The van der Waals surface area contributed by atoms with Crippen molar-refractivity contribution < 1.29 is 9.90 Å². The zero-order valence-electron chi connectivity index (χ0n) is 14.7. The number of carboxylic acid groups (broad SMARTS) is 1. The van der Waals surface area contributed by atoms with E-state index in [0.717, 1.165) is 30.8 Å². The molecule has 0 saturated carbocycles. The van der Waals surface area contributed by atoms with Gasteiger partial charge in [-0.3, -0.25) is 4.79 Å². The van der Waals surface area contributed by atoms with E-state index in [9.17, 15) is 4.79 Å². The average molecular weight is 388 g/mol. The summed E-state index contributed by atoms with van der Waals surface area (Å²) >= 11 is 1.60. The van der Waals surface area contributed by atoms with E-state index in [4.69, 9.17) is 5.11 Å². The summed E-state index contributed by atoms with van der Waals surface area (Å²) in [5.41, 5.74) is 6.55. The Bertz CT molecular complexity index is 887. The zero-order chi connectivity index (χ0) is 17.4. The number of halogens is 1. The Balaban J connectivity index is 0.00000196. The van der Waals surface area contributed by atoms with Crippen LogP contribution in [-0.2, 0) is 11.2 Å². The molecule has 5 heteroatoms. The van der Waals surface area contributed by atoms with Crippen molar-refractivity contribution >= 4 is 47.4 Å². The van der Waals surface area contributed by atoms with E-state index in [-0.39, 0.29) is 18.8 Å². The lowest BCUT2D eigenvalue weighted by Crippen LogP contribution is -2.27. The molecule has 1 fully saturated rings. The van der Waals surface area contributed by atoms with Crippen molar-refractivity contribution in [2.24, 2.45) is 0 Å². The third-order valence-electron chi connectivity index (χ3n) is 5.00. The molecule has 1 N–H and O–H groups in total. The number of rotatable bonds is 2. The summed E-state index contributed by atoms with van der Waals surface area (Å²) in [6.45, 7) is 2.16. The number of carboxylic acids is 1. The van der Waals surface area contributed by atoms with Crippen LogP contribution in [0.4, 0.5) is 0 Å². The Morgan fingerprint density at radius 1 is 1.15 bits per heavy atom. The predicted octanol–water partition coefficient (Wildman–Crippen LogP) is 4.81. The molecule has 2 aromatic rings. The van der Waals surface area contributed by atoms with E-state index in [1.807, 2.05) is 0 Å². The minimum absolute atomic E-state index is 0. The number of likely N-dealkylation sites (tertiary alicyclic amines) is 1. The molecule has 2 heterocycles. The summed E-state index contributed by atoms with van der Waals surface area (Å²) in [6, 6.07) is 10.6. The molecule has 0 bridgehead atoms. The molecule has 1 aliphatic carbocycles. The molecular formula is C21H22ClNO2S. The molecule has 1 aromatic heterocycles. The highest BCUT2D eigenvalue weighted by Crippen LogP contribution is 2.41. The molecule has 0 spiro atoms. The standard InChI is InChI=1S/C21H21NO2S.ClH/c1-22-10-8-15(9-11-22)21-17-5-3-2-4-14(17)6-7-19-18(21)12-16(25-19)13-20(23)24;/h2-7,12H,8-11,13H2,1H3,(H,23,24);1H. The van der Waals surface area contributed by atoms with Crippen LogP contribution in [0.3, 0.4) is 0 Å². The van der Waals surface area contributed by atoms with Gasteiger partial charge in [0, 0.05) is 28.4 Å². The fourth-order valence-electron chi connectivity index (χ4n) is 3.71. The van der Waals surface area contributed by atoms with Crippen molar-refractivity contribution in [3.8, 4) is 0 Å². The van der Waals surface area contributed by atoms with Crippen LogP contribution < -0.4 is 0 Å². The average Bonchev–Trinajstić information content (AvgIpc) is 2.90. The number of carbonyl (C=O) groups is 1. The van der Waals surface area contributed by atoms with Crippen LogP contribution in [0.1, 0.15) is 39.3 Å². The van der Waals surface area contributed by atoms with Gasteiger partial charge in [-0.05, 0) is 48.7 Å². The summed E-state index contributed by atoms with van der Waals surface area (Å²) in [5.74, 6) is -0.769. The number of hydrogen-bond donors (Lipinski definition) is 1. The summed E-state index contributed by atoms with van der Waals surface area (Å²) in [6.07, 6.45) is 6.55. The molecule has 1 aliphatic heterocycles. The molecule has 2 aliphatic rings. The van der Waals surface area contributed by atoms with Crippen molar-refractivity contribution in [1.82, 2.24) is 4.90 Å². The minimum Gasteiger partial charge on any atom is -0.481 e. The molecule has 26 heavy (non-hydrogen) atoms. The van der Waals surface area contributed by atoms with Gasteiger partial charge in [0.05, 0.1) is 6.42 Å². The maximum atomic E-state index is 11.1. The Morgan fingerprint density at radius 3 is 2.62 bits per heavy atom. The van der Waals surface area contributed by atoms with Crippen LogP contribution in [0, 0.1) is 0 Å². The first-order chi connectivity index (χ1) is 12.1. The molecule has 4 rings (SSSR count). The van der Waals surface area contributed by atoms with Gasteiger partial charge in [-0.2, -0.15) is 0 Å². The quantitative estimate of drug-likeness (QED) is 0.686. The van der Waals surface area contributed by atoms with Crippen molar-refractivity contribution in [3.05, 3.63) is 62.3 Å². The number of hydrogen-bond acceptors (Lipinski definition) is 3. The van der Waals surface area contributed by atoms with Crippen molar-refractivity contribution in [2.45, 2.75) is 19.3 Å². The van der Waals surface area contributed by atoms with Crippen LogP contribution in [0.2, 0.25) is 0 Å². The first kappa shape index (κ1) is 18.9. The van der Waals surface area contributed by atoms with Crippen LogP contribution in [-0.4, -0.2) is 36.1 Å². The highest BCUT2D eigenvalue weighted by Gasteiger charge is 2.23. The lowest BCUT2D eigenvalue weighted by atomic mass is 9.87. The van der Waals surface area contributed by atoms with Gasteiger partial charge in [-0.25, -0.2) is 0 Å². The normalized spacial score (nSPS) is 16.5. The van der Waals surface area contributed by atoms with E-state index in [2.05, 4.69) is 54.4 Å². The van der Waals surface area contributed by atoms with Crippen LogP contribution >= 0.6 is 23.7 Å². The lowest BCUT2D eigenvalue weighted by molar-refractivity contribution is -0.136. The van der Waals surface area contributed by atoms with Gasteiger partial charge >= 0.3 is 5.97 Å². The maximum absolute atomic E-state index is 11.1. The molecule has 0 unspecified atom stereocenters. The number of fused-ring (bicyclic) bond motifs is 2. The molecule has 0 atom stereocenters. The monoisotopic (exact) mass is 387 g/mol. The predicted molar refractivity (Wildman–Crippen MR) is 111 cm³/mol. The fourth-order valence-corrected chi connectivity index (χ4v) is 4.77. The van der Waals surface area contributed by atoms with Gasteiger partial charge in [-0.15, -0.1) is 23.7 Å². The molecule has 1 aromatic carbocycles. The van der Waals surface area contributed by atoms with Crippen LogP contribution in [0.5, 0.6) is 0 Å². The third kappa shape index (κ3) is 3.63. The number of piperidine rings is 1. The van der Waals surface area contributed by atoms with E-state index in [1.165, 1.54) is 32.7 Å². The second-order valence-corrected chi connectivity index (χ2v) is 7.93. The topological polar surface area (TPSA) is 40.5 Å². The Labute approximate surface area is 164 Å². The van der Waals surface area contributed by atoms with E-state index in [1.54, 1.807) is 11.3 Å². The largest absolute Gasteiger partial charge is 0.481 e. The molecule has 0 radical (unpaired) electrons. The summed E-state index contributed by atoms with van der Waals surface area (Å²) in [7, 11) is 2.17. The summed E-state index contributed by atoms with van der Waals surface area (Å²) in [4.78, 5) is 15.6. The van der Waals surface area contributed by atoms with Crippen molar-refractivity contribution in [2.75, 3.05) is 20.1 Å². The second-order valence-electron chi connectivity index (χ2n) is 6.76. The fraction of sp³-hybridized carbons (Fsp3) is 0.286. The minimum atomic E-state index is -0.769. The third-order valence-corrected chi connectivity index (χ3v) is 6.10. The van der Waals surface area contributed by atoms with Crippen LogP contribution in [0.15, 0.2) is 35.9 Å². The second kappa shape index (κ2) is 7.78. The van der Waals surface area contributed by atoms with E-state index >= 15 is 0 Å². The summed E-state index contributed by atoms with van der Waals surface area (Å²) < 4.78 is 0. The highest BCUT2D eigenvalue weighted by molar-refractivity contribution is 7.13. The summed E-state index contributed by atoms with van der Waals surface area (Å²) in [5, 5.41) is 9.16. The first-order valence-corrected chi connectivity index (χ1v) is 9.46. The van der Waals surface area contributed by atoms with Gasteiger partial charge < -0.3 is 10.0 Å². The molecule has 136 valence electrons. The lowest BCUT2D eigenvalue weighted by Gasteiger charge is -2.27. The number of aliphatic carboxylic acids is 1. The van der Waals surface area contributed by atoms with E-state index in [0.29, 0.717) is 0 Å². The number of nitrogens with zero attached hydrogens (tertiary/aromatic N) is 1. The first-order valence-electron chi connectivity index (χ1n) is 8.65. The van der Waals surface area contributed by atoms with Gasteiger partial charge in [-0.1, -0.05) is 35.9 Å². The van der Waals surface area contributed by atoms with Gasteiger partial charge in [0.2, 0.25) is 0 Å². The zero-order valence-corrected chi connectivity index (χ0v) is 16.3. The van der Waals surface area contributed by atoms with E-state index < -0.39 is 5.97 Å². The van der Waals surface area contributed by atoms with Crippen molar-refractivity contribution in [1.29, 1.82) is 0 Å². The van der Waals surface area contributed by atoms with Crippen LogP contribution in [0.25, 0.3) is 17.7 Å². The number of benzene rings is 1. The Hall–Kier alpha value is -1.88. The Morgan fingerprint density at radius 2 is 1.88 bits per heavy atom. The van der Waals surface area contributed by atoms with Crippen molar-refractivity contribution in [3.63, 3.8) is 0 Å². The van der Waals surface area contributed by atoms with Gasteiger partial charge in [0.25, 0.3) is 0 Å². The maximum Gasteiger partial charge on any atom is 0.308 e. The van der Waals surface area contributed by atoms with Gasteiger partial charge in [0.15, 0.2) is 0 Å². The smallest absolute Gasteiger partial charge is 0.308 e.